The van der Waals surface area contributed by atoms with Crippen LogP contribution in [0.5, 0.6) is 0 Å². The Morgan fingerprint density at radius 1 is 1.32 bits per heavy atom. The predicted molar refractivity (Wildman–Crippen MR) is 86.4 cm³/mol. The molecule has 2 aliphatic rings. The summed E-state index contributed by atoms with van der Waals surface area (Å²) in [6.45, 7) is 1.86. The Morgan fingerprint density at radius 2 is 2.09 bits per heavy atom. The molecule has 1 aromatic rings. The highest BCUT2D eigenvalue weighted by atomic mass is 16.7. The first kappa shape index (κ1) is 14.3. The quantitative estimate of drug-likeness (QED) is 0.488. The summed E-state index contributed by atoms with van der Waals surface area (Å²) in [7, 11) is 2.05. The summed E-state index contributed by atoms with van der Waals surface area (Å²) in [6, 6.07) is 9.22. The van der Waals surface area contributed by atoms with Crippen LogP contribution in [0.1, 0.15) is 23.7 Å². The van der Waals surface area contributed by atoms with Gasteiger partial charge in [-0.3, -0.25) is 0 Å². The van der Waals surface area contributed by atoms with Gasteiger partial charge in [-0.25, -0.2) is 4.79 Å². The number of fused-ring (bicyclic) bond motifs is 1. The summed E-state index contributed by atoms with van der Waals surface area (Å²) in [6.07, 6.45) is 9.35. The highest BCUT2D eigenvalue weighted by molar-refractivity contribution is 6.03. The molecule has 4 nitrogen and oxygen atoms in total. The zero-order chi connectivity index (χ0) is 15.5. The zero-order valence-electron chi connectivity index (χ0n) is 12.7. The number of hydrogen-bond acceptors (Lipinski definition) is 4. The van der Waals surface area contributed by atoms with Crippen LogP contribution in [-0.4, -0.2) is 29.7 Å². The number of benzene rings is 1. The molecule has 22 heavy (non-hydrogen) atoms. The fourth-order valence-corrected chi connectivity index (χ4v) is 2.73. The topological polar surface area (TPSA) is 41.9 Å². The Morgan fingerprint density at radius 3 is 2.86 bits per heavy atom. The summed E-state index contributed by atoms with van der Waals surface area (Å²) in [5, 5.41) is 4.02. The van der Waals surface area contributed by atoms with Crippen molar-refractivity contribution in [1.82, 2.24) is 4.90 Å². The molecule has 0 fully saturated rings. The minimum Gasteiger partial charge on any atom is -0.372 e. The van der Waals surface area contributed by atoms with Gasteiger partial charge in [0.05, 0.1) is 17.3 Å². The van der Waals surface area contributed by atoms with Gasteiger partial charge in [0.25, 0.3) is 0 Å². The Labute approximate surface area is 130 Å². The van der Waals surface area contributed by atoms with E-state index in [0.29, 0.717) is 17.3 Å². The van der Waals surface area contributed by atoms with E-state index in [4.69, 9.17) is 4.84 Å². The predicted octanol–water partition coefficient (Wildman–Crippen LogP) is 3.30. The van der Waals surface area contributed by atoms with Crippen LogP contribution in [0.3, 0.4) is 0 Å². The van der Waals surface area contributed by atoms with Gasteiger partial charge in [0.1, 0.15) is 0 Å². The minimum absolute atomic E-state index is 0.356. The summed E-state index contributed by atoms with van der Waals surface area (Å²) in [5.41, 5.74) is 3.45. The van der Waals surface area contributed by atoms with Gasteiger partial charge < -0.3 is 9.74 Å². The number of allylic oxidation sites excluding steroid dienone is 2. The van der Waals surface area contributed by atoms with Crippen LogP contribution < -0.4 is 0 Å². The zero-order valence-corrected chi connectivity index (χ0v) is 12.7. The van der Waals surface area contributed by atoms with E-state index in [1.807, 2.05) is 20.0 Å². The lowest BCUT2D eigenvalue weighted by Gasteiger charge is -2.22. The van der Waals surface area contributed by atoms with Crippen molar-refractivity contribution >= 4 is 11.7 Å². The molecule has 1 aliphatic heterocycles. The summed E-state index contributed by atoms with van der Waals surface area (Å²) in [4.78, 5) is 19.2. The van der Waals surface area contributed by atoms with Crippen molar-refractivity contribution in [2.24, 2.45) is 5.16 Å². The molecule has 1 aromatic carbocycles. The highest BCUT2D eigenvalue weighted by Gasteiger charge is 2.29. The van der Waals surface area contributed by atoms with Crippen LogP contribution in [-0.2, 0) is 4.84 Å². The van der Waals surface area contributed by atoms with Gasteiger partial charge in [0, 0.05) is 18.8 Å². The van der Waals surface area contributed by atoms with Gasteiger partial charge in [-0.15, -0.1) is 0 Å². The molecule has 1 atom stereocenters. The van der Waals surface area contributed by atoms with Gasteiger partial charge in [-0.05, 0) is 31.1 Å². The molecule has 1 unspecified atom stereocenters. The van der Waals surface area contributed by atoms with E-state index in [1.165, 1.54) is 5.57 Å². The maximum Gasteiger partial charge on any atom is 0.365 e. The van der Waals surface area contributed by atoms with E-state index in [0.717, 1.165) is 12.0 Å². The summed E-state index contributed by atoms with van der Waals surface area (Å²) in [5.74, 6) is -0.444. The lowest BCUT2D eigenvalue weighted by Crippen LogP contribution is -2.24. The highest BCUT2D eigenvalue weighted by Crippen LogP contribution is 2.32. The second-order valence-electron chi connectivity index (χ2n) is 5.43. The van der Waals surface area contributed by atoms with E-state index in [2.05, 4.69) is 34.5 Å². The molecular formula is C18H18N2O2. The van der Waals surface area contributed by atoms with Crippen LogP contribution in [0.25, 0.3) is 0 Å². The van der Waals surface area contributed by atoms with Gasteiger partial charge >= 0.3 is 5.97 Å². The monoisotopic (exact) mass is 294 g/mol. The molecule has 0 spiro atoms. The Hall–Kier alpha value is -2.62. The summed E-state index contributed by atoms with van der Waals surface area (Å²) >= 11 is 0. The van der Waals surface area contributed by atoms with E-state index in [9.17, 15) is 4.79 Å². The van der Waals surface area contributed by atoms with Crippen LogP contribution in [0.2, 0.25) is 0 Å². The molecule has 3 rings (SSSR count). The van der Waals surface area contributed by atoms with Crippen molar-refractivity contribution in [1.29, 1.82) is 0 Å². The molecule has 0 saturated carbocycles. The van der Waals surface area contributed by atoms with Crippen LogP contribution in [0, 0.1) is 0 Å². The molecular weight excluding hydrogens is 276 g/mol. The van der Waals surface area contributed by atoms with Crippen molar-refractivity contribution in [3.05, 3.63) is 71.5 Å². The Kier molecular flexibility index (Phi) is 3.92. The average molecular weight is 294 g/mol. The lowest BCUT2D eigenvalue weighted by atomic mass is 9.94. The van der Waals surface area contributed by atoms with Crippen molar-refractivity contribution in [2.75, 3.05) is 7.05 Å². The maximum absolute atomic E-state index is 11.9. The molecule has 0 aromatic heterocycles. The molecule has 0 saturated heterocycles. The SMILES string of the molecule is C/C(=N\OC(=O)c1ccccc1)C1=CN(C)C2CC=CC=C12. The van der Waals surface area contributed by atoms with Gasteiger partial charge in [-0.1, -0.05) is 41.6 Å². The maximum atomic E-state index is 11.9. The van der Waals surface area contributed by atoms with E-state index >= 15 is 0 Å². The fourth-order valence-electron chi connectivity index (χ4n) is 2.73. The van der Waals surface area contributed by atoms with E-state index in [1.54, 1.807) is 24.3 Å². The second kappa shape index (κ2) is 6.02. The van der Waals surface area contributed by atoms with Crippen LogP contribution in [0.15, 0.2) is 71.1 Å². The first-order valence-corrected chi connectivity index (χ1v) is 7.29. The smallest absolute Gasteiger partial charge is 0.365 e. The number of rotatable bonds is 3. The lowest BCUT2D eigenvalue weighted by molar-refractivity contribution is 0.0516. The third-order valence-corrected chi connectivity index (χ3v) is 3.93. The van der Waals surface area contributed by atoms with E-state index in [-0.39, 0.29) is 0 Å². The minimum atomic E-state index is -0.444. The molecule has 0 radical (unpaired) electrons. The Bertz CT molecular complexity index is 699. The fraction of sp³-hybridized carbons (Fsp3) is 0.222. The van der Waals surface area contributed by atoms with Crippen LogP contribution >= 0.6 is 0 Å². The number of likely N-dealkylation sites (N-methyl/N-ethyl adjacent to an activating group) is 1. The van der Waals surface area contributed by atoms with Crippen molar-refractivity contribution in [3.63, 3.8) is 0 Å². The largest absolute Gasteiger partial charge is 0.372 e. The molecule has 0 N–H and O–H groups in total. The number of carbonyl (C=O) groups excluding carboxylic acids is 1. The second-order valence-corrected chi connectivity index (χ2v) is 5.43. The first-order chi connectivity index (χ1) is 10.7. The summed E-state index contributed by atoms with van der Waals surface area (Å²) < 4.78 is 0. The van der Waals surface area contributed by atoms with Gasteiger partial charge in [-0.2, -0.15) is 0 Å². The normalized spacial score (nSPS) is 20.4. The number of oxime groups is 1. The number of carbonyl (C=O) groups is 1. The molecule has 1 heterocycles. The first-order valence-electron chi connectivity index (χ1n) is 7.29. The average Bonchev–Trinajstić information content (AvgIpc) is 2.91. The van der Waals surface area contributed by atoms with E-state index < -0.39 is 5.97 Å². The standard InChI is InChI=1S/C18H18N2O2/c1-13(19-22-18(21)14-8-4-3-5-9-14)16-12-20(2)17-11-7-6-10-15(16)17/h3-10,12,17H,11H2,1-2H3/b19-13+. The van der Waals surface area contributed by atoms with Gasteiger partial charge in [0.15, 0.2) is 0 Å². The molecule has 4 heteroatoms. The number of hydrogen-bond donors (Lipinski definition) is 0. The third-order valence-electron chi connectivity index (χ3n) is 3.93. The van der Waals surface area contributed by atoms with Crippen molar-refractivity contribution in [3.8, 4) is 0 Å². The number of nitrogens with zero attached hydrogens (tertiary/aromatic N) is 2. The third kappa shape index (κ3) is 2.72. The molecule has 112 valence electrons. The molecule has 1 aliphatic carbocycles. The van der Waals surface area contributed by atoms with Gasteiger partial charge in [0.2, 0.25) is 0 Å². The van der Waals surface area contributed by atoms with Crippen molar-refractivity contribution < 1.29 is 9.63 Å². The molecule has 0 amide bonds. The van der Waals surface area contributed by atoms with Crippen molar-refractivity contribution in [2.45, 2.75) is 19.4 Å². The van der Waals surface area contributed by atoms with Crippen LogP contribution in [0.4, 0.5) is 0 Å². The Balaban J connectivity index is 1.75. The molecule has 0 bridgehead atoms.